The number of nitrogens with two attached hydrogens (primary N) is 1. The van der Waals surface area contributed by atoms with Crippen molar-refractivity contribution in [1.29, 1.82) is 0 Å². The van der Waals surface area contributed by atoms with Crippen LogP contribution >= 0.6 is 23.2 Å². The van der Waals surface area contributed by atoms with Crippen molar-refractivity contribution < 1.29 is 9.59 Å². The molecule has 0 aliphatic heterocycles. The normalized spacial score (nSPS) is 10.1. The van der Waals surface area contributed by atoms with Crippen molar-refractivity contribution in [1.82, 2.24) is 10.2 Å². The first-order valence-electron chi connectivity index (χ1n) is 4.53. The highest BCUT2D eigenvalue weighted by Crippen LogP contribution is 1.95. The molecule has 0 atom stereocenters. The molecule has 0 saturated heterocycles. The summed E-state index contributed by atoms with van der Waals surface area (Å²) in [6.07, 6.45) is 0. The number of hydrogen-bond donors (Lipinski definition) is 2. The molecule has 0 unspecified atom stereocenters. The lowest BCUT2D eigenvalue weighted by molar-refractivity contribution is -0.141. The van der Waals surface area contributed by atoms with Crippen molar-refractivity contribution in [2.75, 3.05) is 37.9 Å². The molecule has 0 rings (SSSR count). The van der Waals surface area contributed by atoms with Crippen molar-refractivity contribution in [2.24, 2.45) is 5.73 Å². The highest BCUT2D eigenvalue weighted by Gasteiger charge is 2.18. The van der Waals surface area contributed by atoms with Crippen molar-refractivity contribution in [2.45, 2.75) is 0 Å². The van der Waals surface area contributed by atoms with Crippen LogP contribution in [0.3, 0.4) is 0 Å². The van der Waals surface area contributed by atoms with Crippen molar-refractivity contribution in [3.63, 3.8) is 0 Å². The minimum atomic E-state index is -0.433. The van der Waals surface area contributed by atoms with Crippen molar-refractivity contribution in [3.05, 3.63) is 0 Å². The summed E-state index contributed by atoms with van der Waals surface area (Å²) in [6, 6.07) is 0. The number of nitrogens with one attached hydrogen (secondary N) is 1. The molecule has 2 amide bonds. The van der Waals surface area contributed by atoms with E-state index in [4.69, 9.17) is 28.9 Å². The van der Waals surface area contributed by atoms with Gasteiger partial charge in [-0.3, -0.25) is 14.5 Å². The molecule has 5 nitrogen and oxygen atoms in total. The smallest absolute Gasteiger partial charge is 0.244 e. The standard InChI is InChI=1S/C8H15Cl2N3O2/c9-5-7(14)13(8(15)6-10)4-3-12-2-1-11/h12H,1-6,11H2. The molecule has 0 aromatic carbocycles. The van der Waals surface area contributed by atoms with Crippen LogP contribution in [0.15, 0.2) is 0 Å². The zero-order chi connectivity index (χ0) is 11.7. The van der Waals surface area contributed by atoms with E-state index in [0.29, 0.717) is 19.6 Å². The van der Waals surface area contributed by atoms with E-state index < -0.39 is 11.8 Å². The predicted molar refractivity (Wildman–Crippen MR) is 60.1 cm³/mol. The Balaban J connectivity index is 4.02. The maximum atomic E-state index is 11.2. The minimum absolute atomic E-state index is 0.223. The second-order valence-electron chi connectivity index (χ2n) is 2.75. The van der Waals surface area contributed by atoms with Gasteiger partial charge in [0.05, 0.1) is 0 Å². The van der Waals surface area contributed by atoms with Gasteiger partial charge in [0, 0.05) is 26.2 Å². The van der Waals surface area contributed by atoms with E-state index in [1.54, 1.807) is 0 Å². The highest BCUT2D eigenvalue weighted by molar-refractivity contribution is 6.31. The van der Waals surface area contributed by atoms with Crippen LogP contribution in [0.5, 0.6) is 0 Å². The Labute approximate surface area is 98.9 Å². The van der Waals surface area contributed by atoms with E-state index >= 15 is 0 Å². The summed E-state index contributed by atoms with van der Waals surface area (Å²) in [6.45, 7) is 1.89. The van der Waals surface area contributed by atoms with E-state index in [1.165, 1.54) is 0 Å². The molecule has 0 fully saturated rings. The van der Waals surface area contributed by atoms with Gasteiger partial charge in [-0.25, -0.2) is 0 Å². The number of rotatable bonds is 7. The zero-order valence-corrected chi connectivity index (χ0v) is 9.85. The molecular formula is C8H15Cl2N3O2. The fourth-order valence-corrected chi connectivity index (χ4v) is 1.24. The average molecular weight is 256 g/mol. The summed E-state index contributed by atoms with van der Waals surface area (Å²) in [4.78, 5) is 23.5. The second kappa shape index (κ2) is 8.91. The molecule has 88 valence electrons. The van der Waals surface area contributed by atoms with E-state index in [1.807, 2.05) is 0 Å². The van der Waals surface area contributed by atoms with Gasteiger partial charge >= 0.3 is 0 Å². The van der Waals surface area contributed by atoms with Gasteiger partial charge in [0.1, 0.15) is 11.8 Å². The molecule has 0 radical (unpaired) electrons. The zero-order valence-electron chi connectivity index (χ0n) is 8.34. The largest absolute Gasteiger partial charge is 0.329 e. The molecule has 0 aliphatic rings. The van der Waals surface area contributed by atoms with E-state index in [9.17, 15) is 9.59 Å². The Morgan fingerprint density at radius 2 is 1.67 bits per heavy atom. The summed E-state index contributed by atoms with van der Waals surface area (Å²) in [5.74, 6) is -1.31. The van der Waals surface area contributed by atoms with Crippen LogP contribution in [0, 0.1) is 0 Å². The fourth-order valence-electron chi connectivity index (χ4n) is 0.951. The number of carbonyl (C=O) groups is 2. The number of halogens is 2. The maximum absolute atomic E-state index is 11.2. The monoisotopic (exact) mass is 255 g/mol. The van der Waals surface area contributed by atoms with E-state index in [-0.39, 0.29) is 18.3 Å². The summed E-state index contributed by atoms with van der Waals surface area (Å²) < 4.78 is 0. The van der Waals surface area contributed by atoms with Crippen molar-refractivity contribution >= 4 is 35.0 Å². The van der Waals surface area contributed by atoms with Gasteiger partial charge in [-0.05, 0) is 0 Å². The molecular weight excluding hydrogens is 241 g/mol. The van der Waals surface area contributed by atoms with Gasteiger partial charge in [-0.15, -0.1) is 23.2 Å². The number of amides is 2. The van der Waals surface area contributed by atoms with Crippen molar-refractivity contribution in [3.8, 4) is 0 Å². The second-order valence-corrected chi connectivity index (χ2v) is 3.28. The number of alkyl halides is 2. The first kappa shape index (κ1) is 14.6. The molecule has 0 saturated carbocycles. The molecule has 15 heavy (non-hydrogen) atoms. The Bertz CT molecular complexity index is 198. The molecule has 0 bridgehead atoms. The summed E-state index contributed by atoms with van der Waals surface area (Å²) in [7, 11) is 0. The van der Waals surface area contributed by atoms with E-state index in [2.05, 4.69) is 5.32 Å². The fraction of sp³-hybridized carbons (Fsp3) is 0.750. The molecule has 0 heterocycles. The average Bonchev–Trinajstić information content (AvgIpc) is 2.27. The minimum Gasteiger partial charge on any atom is -0.329 e. The van der Waals surface area contributed by atoms with Crippen LogP contribution in [-0.4, -0.2) is 54.7 Å². The quantitative estimate of drug-likeness (QED) is 0.469. The Kier molecular flexibility index (Phi) is 8.70. The third-order valence-electron chi connectivity index (χ3n) is 1.66. The molecule has 7 heteroatoms. The lowest BCUT2D eigenvalue weighted by Crippen LogP contribution is -2.43. The maximum Gasteiger partial charge on any atom is 0.244 e. The number of imide groups is 1. The molecule has 0 spiro atoms. The van der Waals surface area contributed by atoms with Gasteiger partial charge in [0.2, 0.25) is 11.8 Å². The van der Waals surface area contributed by atoms with Gasteiger partial charge < -0.3 is 11.1 Å². The van der Waals surface area contributed by atoms with Crippen LogP contribution < -0.4 is 11.1 Å². The van der Waals surface area contributed by atoms with Crippen LogP contribution in [0.1, 0.15) is 0 Å². The van der Waals surface area contributed by atoms with Gasteiger partial charge in [-0.2, -0.15) is 0 Å². The SMILES string of the molecule is NCCNCCN(C(=O)CCl)C(=O)CCl. The number of carbonyl (C=O) groups excluding carboxylic acids is 2. The number of hydrogen-bond acceptors (Lipinski definition) is 4. The molecule has 0 aliphatic carbocycles. The summed E-state index contributed by atoms with van der Waals surface area (Å²) in [5, 5.41) is 2.97. The summed E-state index contributed by atoms with van der Waals surface area (Å²) in [5.41, 5.74) is 5.27. The number of nitrogens with zero attached hydrogens (tertiary/aromatic N) is 1. The van der Waals surface area contributed by atoms with Gasteiger partial charge in [0.15, 0.2) is 0 Å². The van der Waals surface area contributed by atoms with Crippen LogP contribution in [0.25, 0.3) is 0 Å². The van der Waals surface area contributed by atoms with Crippen LogP contribution in [0.4, 0.5) is 0 Å². The van der Waals surface area contributed by atoms with Crippen LogP contribution in [-0.2, 0) is 9.59 Å². The summed E-state index contributed by atoms with van der Waals surface area (Å²) >= 11 is 10.7. The first-order chi connectivity index (χ1) is 7.17. The Morgan fingerprint density at radius 1 is 1.13 bits per heavy atom. The molecule has 3 N–H and O–H groups in total. The van der Waals surface area contributed by atoms with E-state index in [0.717, 1.165) is 4.90 Å². The third-order valence-corrected chi connectivity index (χ3v) is 2.12. The first-order valence-corrected chi connectivity index (χ1v) is 5.60. The molecule has 0 aromatic heterocycles. The topological polar surface area (TPSA) is 75.4 Å². The lowest BCUT2D eigenvalue weighted by atomic mass is 10.4. The van der Waals surface area contributed by atoms with Gasteiger partial charge in [-0.1, -0.05) is 0 Å². The lowest BCUT2D eigenvalue weighted by Gasteiger charge is -2.18. The van der Waals surface area contributed by atoms with Crippen LogP contribution in [0.2, 0.25) is 0 Å². The highest BCUT2D eigenvalue weighted by atomic mass is 35.5. The predicted octanol–water partition coefficient (Wildman–Crippen LogP) is -0.632. The van der Waals surface area contributed by atoms with Gasteiger partial charge in [0.25, 0.3) is 0 Å². The molecule has 0 aromatic rings. The Hall–Kier alpha value is -0.360. The third kappa shape index (κ3) is 5.94. The Morgan fingerprint density at radius 3 is 2.07 bits per heavy atom.